The van der Waals surface area contributed by atoms with E-state index in [0.717, 1.165) is 5.56 Å². The monoisotopic (exact) mass is 448 g/mol. The molecule has 168 valence electrons. The molecule has 3 atom stereocenters. The molecule has 1 aliphatic heterocycles. The predicted octanol–water partition coefficient (Wildman–Crippen LogP) is 1.59. The van der Waals surface area contributed by atoms with Gasteiger partial charge in [0.25, 0.3) is 0 Å². The number of rotatable bonds is 9. The van der Waals surface area contributed by atoms with Crippen molar-refractivity contribution in [2.75, 3.05) is 13.7 Å². The van der Waals surface area contributed by atoms with Gasteiger partial charge in [-0.1, -0.05) is 36.4 Å². The van der Waals surface area contributed by atoms with Gasteiger partial charge in [-0.15, -0.1) is 0 Å². The van der Waals surface area contributed by atoms with E-state index in [1.54, 1.807) is 12.1 Å². The van der Waals surface area contributed by atoms with Crippen LogP contribution in [0, 0.1) is 0 Å². The van der Waals surface area contributed by atoms with E-state index >= 15 is 0 Å². The first-order valence-corrected chi connectivity index (χ1v) is 11.6. The average molecular weight is 449 g/mol. The van der Waals surface area contributed by atoms with Gasteiger partial charge in [-0.05, 0) is 30.5 Å². The van der Waals surface area contributed by atoms with Crippen LogP contribution in [0.25, 0.3) is 0 Å². The number of benzene rings is 2. The van der Waals surface area contributed by atoms with Gasteiger partial charge in [0.1, 0.15) is 5.75 Å². The van der Waals surface area contributed by atoms with Crippen molar-refractivity contribution in [3.05, 3.63) is 60.2 Å². The smallest absolute Gasteiger partial charge is 0.241 e. The zero-order valence-electron chi connectivity index (χ0n) is 17.4. The summed E-state index contributed by atoms with van der Waals surface area (Å²) in [6.07, 6.45) is -0.0174. The Bertz CT molecular complexity index is 967. The molecule has 0 aromatic heterocycles. The van der Waals surface area contributed by atoms with E-state index in [1.165, 1.54) is 19.2 Å². The van der Waals surface area contributed by atoms with Gasteiger partial charge in [-0.3, -0.25) is 4.79 Å². The van der Waals surface area contributed by atoms with Crippen molar-refractivity contribution in [1.82, 2.24) is 10.0 Å². The number of sulfonamides is 1. The maximum absolute atomic E-state index is 12.7. The lowest BCUT2D eigenvalue weighted by atomic mass is 9.98. The Balaban J connectivity index is 1.54. The van der Waals surface area contributed by atoms with Crippen molar-refractivity contribution in [2.24, 2.45) is 0 Å². The van der Waals surface area contributed by atoms with E-state index < -0.39 is 22.2 Å². The summed E-state index contributed by atoms with van der Waals surface area (Å²) in [5.41, 5.74) is 1.00. The molecule has 31 heavy (non-hydrogen) atoms. The zero-order chi connectivity index (χ0) is 22.3. The summed E-state index contributed by atoms with van der Waals surface area (Å²) in [5.74, 6) is 0.281. The second-order valence-corrected chi connectivity index (χ2v) is 9.14. The molecular formula is C22H28N2O6S. The largest absolute Gasteiger partial charge is 0.497 e. The Labute approximate surface area is 182 Å². The number of aliphatic hydroxyl groups excluding tert-OH is 1. The van der Waals surface area contributed by atoms with Gasteiger partial charge >= 0.3 is 0 Å². The highest BCUT2D eigenvalue weighted by Crippen LogP contribution is 2.24. The number of nitrogens with one attached hydrogen (secondary N) is 2. The molecule has 9 heteroatoms. The van der Waals surface area contributed by atoms with Crippen LogP contribution in [0.4, 0.5) is 0 Å². The lowest BCUT2D eigenvalue weighted by molar-refractivity contribution is -0.130. The van der Waals surface area contributed by atoms with Crippen molar-refractivity contribution in [3.8, 4) is 5.75 Å². The Hall–Kier alpha value is -2.46. The molecule has 0 aliphatic carbocycles. The molecule has 3 N–H and O–H groups in total. The number of aliphatic hydroxyl groups is 1. The molecular weight excluding hydrogens is 420 g/mol. The van der Waals surface area contributed by atoms with Gasteiger partial charge in [0.15, 0.2) is 0 Å². The van der Waals surface area contributed by atoms with Gasteiger partial charge in [-0.2, -0.15) is 0 Å². The second kappa shape index (κ2) is 10.7. The number of hydrogen-bond acceptors (Lipinski definition) is 6. The summed E-state index contributed by atoms with van der Waals surface area (Å²) in [6.45, 7) is 0.0756. The molecule has 1 amide bonds. The summed E-state index contributed by atoms with van der Waals surface area (Å²) < 4.78 is 39.0. The Kier molecular flexibility index (Phi) is 8.03. The molecule has 1 saturated heterocycles. The number of hydrogen-bond donors (Lipinski definition) is 3. The quantitative estimate of drug-likeness (QED) is 0.537. The summed E-state index contributed by atoms with van der Waals surface area (Å²) in [4.78, 5) is 12.3. The SMILES string of the molecule is COc1cccc(S(=O)(=O)N[C@H]2CC[C@@H](CC(=O)NCc3ccccc3)O[C@@H]2CO)c1. The van der Waals surface area contributed by atoms with E-state index in [2.05, 4.69) is 10.0 Å². The Morgan fingerprint density at radius 2 is 1.94 bits per heavy atom. The molecule has 0 bridgehead atoms. The van der Waals surface area contributed by atoms with E-state index in [9.17, 15) is 18.3 Å². The van der Waals surface area contributed by atoms with Crippen molar-refractivity contribution < 1.29 is 27.8 Å². The van der Waals surface area contributed by atoms with Crippen LogP contribution in [0.2, 0.25) is 0 Å². The molecule has 0 saturated carbocycles. The summed E-state index contributed by atoms with van der Waals surface area (Å²) in [6, 6.07) is 15.2. The fourth-order valence-corrected chi connectivity index (χ4v) is 4.86. The van der Waals surface area contributed by atoms with Crippen LogP contribution in [0.1, 0.15) is 24.8 Å². The Morgan fingerprint density at radius 3 is 2.65 bits per heavy atom. The average Bonchev–Trinajstić information content (AvgIpc) is 2.79. The van der Waals surface area contributed by atoms with Crippen LogP contribution in [0.15, 0.2) is 59.5 Å². The molecule has 0 unspecified atom stereocenters. The maximum atomic E-state index is 12.7. The molecule has 3 rings (SSSR count). The summed E-state index contributed by atoms with van der Waals surface area (Å²) in [7, 11) is -2.35. The molecule has 1 fully saturated rings. The molecule has 0 radical (unpaired) electrons. The normalized spacial score (nSPS) is 21.4. The van der Waals surface area contributed by atoms with Crippen LogP contribution in [-0.4, -0.2) is 51.4 Å². The van der Waals surface area contributed by atoms with E-state index in [0.29, 0.717) is 25.1 Å². The third kappa shape index (κ3) is 6.51. The maximum Gasteiger partial charge on any atom is 0.241 e. The first kappa shape index (κ1) is 23.2. The van der Waals surface area contributed by atoms with Gasteiger partial charge < -0.3 is 19.9 Å². The van der Waals surface area contributed by atoms with Crippen molar-refractivity contribution in [2.45, 2.75) is 49.0 Å². The summed E-state index contributed by atoms with van der Waals surface area (Å²) >= 11 is 0. The Morgan fingerprint density at radius 1 is 1.16 bits per heavy atom. The fourth-order valence-electron chi connectivity index (χ4n) is 3.53. The number of amides is 1. The lowest BCUT2D eigenvalue weighted by Crippen LogP contribution is -2.51. The highest BCUT2D eigenvalue weighted by Gasteiger charge is 2.34. The minimum absolute atomic E-state index is 0.0750. The molecule has 1 aliphatic rings. The van der Waals surface area contributed by atoms with Gasteiger partial charge in [-0.25, -0.2) is 13.1 Å². The second-order valence-electron chi connectivity index (χ2n) is 7.43. The highest BCUT2D eigenvalue weighted by atomic mass is 32.2. The topological polar surface area (TPSA) is 114 Å². The molecule has 0 spiro atoms. The van der Waals surface area contributed by atoms with Crippen LogP contribution in [0.5, 0.6) is 5.75 Å². The third-order valence-electron chi connectivity index (χ3n) is 5.20. The number of ether oxygens (including phenoxy) is 2. The standard InChI is InChI=1S/C22H28N2O6S/c1-29-17-8-5-9-19(12-17)31(27,28)24-20-11-10-18(30-21(20)15-25)13-22(26)23-14-16-6-3-2-4-7-16/h2-9,12,18,20-21,24-25H,10-11,13-15H2,1H3,(H,23,26)/t18-,20-,21+/m0/s1. The van der Waals surface area contributed by atoms with E-state index in [4.69, 9.17) is 9.47 Å². The van der Waals surface area contributed by atoms with Gasteiger partial charge in [0.2, 0.25) is 15.9 Å². The number of methoxy groups -OCH3 is 1. The number of carbonyl (C=O) groups is 1. The molecule has 2 aromatic rings. The zero-order valence-corrected chi connectivity index (χ0v) is 18.2. The third-order valence-corrected chi connectivity index (χ3v) is 6.69. The van der Waals surface area contributed by atoms with Crippen LogP contribution in [-0.2, 0) is 26.1 Å². The van der Waals surface area contributed by atoms with Crippen LogP contribution >= 0.6 is 0 Å². The van der Waals surface area contributed by atoms with Crippen LogP contribution in [0.3, 0.4) is 0 Å². The van der Waals surface area contributed by atoms with Gasteiger partial charge in [0.05, 0.1) is 43.3 Å². The lowest BCUT2D eigenvalue weighted by Gasteiger charge is -2.35. The fraction of sp³-hybridized carbons (Fsp3) is 0.409. The molecule has 2 aromatic carbocycles. The minimum atomic E-state index is -3.82. The first-order chi connectivity index (χ1) is 14.9. The van der Waals surface area contributed by atoms with E-state index in [1.807, 2.05) is 30.3 Å². The minimum Gasteiger partial charge on any atom is -0.497 e. The first-order valence-electron chi connectivity index (χ1n) is 10.1. The summed E-state index contributed by atoms with van der Waals surface area (Å²) in [5, 5.41) is 12.6. The van der Waals surface area contributed by atoms with Crippen molar-refractivity contribution in [3.63, 3.8) is 0 Å². The molecule has 1 heterocycles. The van der Waals surface area contributed by atoms with E-state index in [-0.39, 0.29) is 29.9 Å². The predicted molar refractivity (Wildman–Crippen MR) is 115 cm³/mol. The number of carbonyl (C=O) groups excluding carboxylic acids is 1. The van der Waals surface area contributed by atoms with Crippen molar-refractivity contribution in [1.29, 1.82) is 0 Å². The highest BCUT2D eigenvalue weighted by molar-refractivity contribution is 7.89. The molecule has 8 nitrogen and oxygen atoms in total. The van der Waals surface area contributed by atoms with Crippen LogP contribution < -0.4 is 14.8 Å². The van der Waals surface area contributed by atoms with Gasteiger partial charge in [0, 0.05) is 12.6 Å². The van der Waals surface area contributed by atoms with Crippen molar-refractivity contribution >= 4 is 15.9 Å².